The number of nitrogens with one attached hydrogen (secondary N) is 2. The number of nitrogens with two attached hydrogens (primary N) is 1. The van der Waals surface area contributed by atoms with E-state index in [9.17, 15) is 0 Å². The van der Waals surface area contributed by atoms with Crippen molar-refractivity contribution in [2.24, 2.45) is 11.7 Å². The van der Waals surface area contributed by atoms with Crippen LogP contribution in [0.15, 0.2) is 24.3 Å². The summed E-state index contributed by atoms with van der Waals surface area (Å²) in [5.74, 6) is 2.54. The molecule has 6 nitrogen and oxygen atoms in total. The van der Waals surface area contributed by atoms with Crippen LogP contribution in [0.3, 0.4) is 0 Å². The zero-order chi connectivity index (χ0) is 14.5. The number of ether oxygens (including phenoxy) is 1. The van der Waals surface area contributed by atoms with Gasteiger partial charge in [0.05, 0.1) is 19.7 Å². The van der Waals surface area contributed by atoms with E-state index < -0.39 is 0 Å². The number of methoxy groups -OCH3 is 1. The molecule has 4 N–H and O–H groups in total. The Morgan fingerprint density at radius 3 is 2.90 bits per heavy atom. The Balaban J connectivity index is 1.97. The summed E-state index contributed by atoms with van der Waals surface area (Å²) in [5.41, 5.74) is 6.98. The molecule has 0 spiro atoms. The van der Waals surface area contributed by atoms with Gasteiger partial charge < -0.3 is 15.8 Å². The number of hydrogen-bond acceptors (Lipinski definition) is 5. The third-order valence-corrected chi connectivity index (χ3v) is 3.10. The highest BCUT2D eigenvalue weighted by molar-refractivity contribution is 5.48. The third-order valence-electron chi connectivity index (χ3n) is 3.10. The molecule has 0 fully saturated rings. The second kappa shape index (κ2) is 6.38. The van der Waals surface area contributed by atoms with E-state index in [-0.39, 0.29) is 6.04 Å². The Hall–Kier alpha value is -2.08. The van der Waals surface area contributed by atoms with Crippen LogP contribution in [0.4, 0.5) is 5.69 Å². The first kappa shape index (κ1) is 14.3. The Kier molecular flexibility index (Phi) is 4.57. The summed E-state index contributed by atoms with van der Waals surface area (Å²) < 4.78 is 5.18. The van der Waals surface area contributed by atoms with Crippen molar-refractivity contribution in [3.05, 3.63) is 35.9 Å². The zero-order valence-electron chi connectivity index (χ0n) is 12.1. The van der Waals surface area contributed by atoms with Crippen LogP contribution in [0, 0.1) is 5.92 Å². The lowest BCUT2D eigenvalue weighted by Crippen LogP contribution is -2.18. The molecule has 0 aliphatic rings. The van der Waals surface area contributed by atoms with E-state index in [2.05, 4.69) is 34.3 Å². The minimum Gasteiger partial charge on any atom is -0.497 e. The molecule has 0 aliphatic carbocycles. The number of anilines is 1. The van der Waals surface area contributed by atoms with Crippen LogP contribution in [-0.4, -0.2) is 22.3 Å². The van der Waals surface area contributed by atoms with Gasteiger partial charge in [-0.2, -0.15) is 5.10 Å². The second-order valence-corrected chi connectivity index (χ2v) is 5.00. The molecule has 1 aromatic carbocycles. The molecule has 6 heteroatoms. The fourth-order valence-corrected chi connectivity index (χ4v) is 1.76. The molecule has 0 radical (unpaired) electrons. The number of benzene rings is 1. The van der Waals surface area contributed by atoms with Gasteiger partial charge in [-0.05, 0) is 18.1 Å². The second-order valence-electron chi connectivity index (χ2n) is 5.00. The lowest BCUT2D eigenvalue weighted by molar-refractivity contribution is 0.415. The zero-order valence-corrected chi connectivity index (χ0v) is 12.1. The van der Waals surface area contributed by atoms with Gasteiger partial charge in [-0.3, -0.25) is 5.10 Å². The van der Waals surface area contributed by atoms with Crippen molar-refractivity contribution in [2.75, 3.05) is 12.4 Å². The van der Waals surface area contributed by atoms with Gasteiger partial charge >= 0.3 is 0 Å². The summed E-state index contributed by atoms with van der Waals surface area (Å²) in [4.78, 5) is 4.40. The minimum atomic E-state index is -0.142. The molecule has 108 valence electrons. The largest absolute Gasteiger partial charge is 0.497 e. The van der Waals surface area contributed by atoms with Crippen LogP contribution in [0.1, 0.15) is 31.5 Å². The monoisotopic (exact) mass is 275 g/mol. The molecule has 0 unspecified atom stereocenters. The van der Waals surface area contributed by atoms with Crippen LogP contribution in [0.5, 0.6) is 5.75 Å². The molecule has 2 aromatic rings. The average Bonchev–Trinajstić information content (AvgIpc) is 2.93. The van der Waals surface area contributed by atoms with Gasteiger partial charge in [-0.25, -0.2) is 4.98 Å². The van der Waals surface area contributed by atoms with Crippen molar-refractivity contribution in [3.63, 3.8) is 0 Å². The molecule has 2 rings (SSSR count). The van der Waals surface area contributed by atoms with Gasteiger partial charge in [0.1, 0.15) is 11.6 Å². The van der Waals surface area contributed by atoms with Crippen LogP contribution >= 0.6 is 0 Å². The molecule has 0 amide bonds. The fourth-order valence-electron chi connectivity index (χ4n) is 1.76. The summed E-state index contributed by atoms with van der Waals surface area (Å²) in [6.45, 7) is 4.66. The maximum absolute atomic E-state index is 6.01. The highest BCUT2D eigenvalue weighted by atomic mass is 16.5. The predicted molar refractivity (Wildman–Crippen MR) is 78.5 cm³/mol. The molecular weight excluding hydrogens is 254 g/mol. The summed E-state index contributed by atoms with van der Waals surface area (Å²) in [6, 6.07) is 7.59. The summed E-state index contributed by atoms with van der Waals surface area (Å²) >= 11 is 0. The molecule has 1 aromatic heterocycles. The molecule has 0 saturated heterocycles. The van der Waals surface area contributed by atoms with E-state index in [1.54, 1.807) is 7.11 Å². The van der Waals surface area contributed by atoms with Crippen molar-refractivity contribution in [1.82, 2.24) is 15.2 Å². The van der Waals surface area contributed by atoms with Crippen molar-refractivity contribution < 1.29 is 4.74 Å². The van der Waals surface area contributed by atoms with Crippen LogP contribution < -0.4 is 15.8 Å². The van der Waals surface area contributed by atoms with Crippen molar-refractivity contribution >= 4 is 5.69 Å². The first-order valence-corrected chi connectivity index (χ1v) is 6.65. The first-order chi connectivity index (χ1) is 9.60. The van der Waals surface area contributed by atoms with Crippen molar-refractivity contribution in [1.29, 1.82) is 0 Å². The van der Waals surface area contributed by atoms with Crippen LogP contribution in [0.2, 0.25) is 0 Å². The van der Waals surface area contributed by atoms with Crippen molar-refractivity contribution in [3.8, 4) is 5.75 Å². The molecule has 0 bridgehead atoms. The number of hydrogen-bond donors (Lipinski definition) is 3. The first-order valence-electron chi connectivity index (χ1n) is 6.65. The number of nitrogens with zero attached hydrogens (tertiary/aromatic N) is 2. The van der Waals surface area contributed by atoms with Gasteiger partial charge in [-0.1, -0.05) is 19.9 Å². The predicted octanol–water partition coefficient (Wildman–Crippen LogP) is 2.08. The van der Waals surface area contributed by atoms with Crippen molar-refractivity contribution in [2.45, 2.75) is 26.4 Å². The summed E-state index contributed by atoms with van der Waals surface area (Å²) in [7, 11) is 1.65. The fraction of sp³-hybridized carbons (Fsp3) is 0.429. The van der Waals surface area contributed by atoms with E-state index in [4.69, 9.17) is 10.5 Å². The maximum atomic E-state index is 6.01. The Bertz CT molecular complexity index is 552. The number of aromatic amines is 1. The average molecular weight is 275 g/mol. The maximum Gasteiger partial charge on any atom is 0.167 e. The smallest absolute Gasteiger partial charge is 0.167 e. The van der Waals surface area contributed by atoms with Crippen LogP contribution in [0.25, 0.3) is 0 Å². The molecule has 20 heavy (non-hydrogen) atoms. The summed E-state index contributed by atoms with van der Waals surface area (Å²) in [5, 5.41) is 10.3. The van der Waals surface area contributed by atoms with Gasteiger partial charge in [0.15, 0.2) is 5.82 Å². The van der Waals surface area contributed by atoms with Gasteiger partial charge in [0.2, 0.25) is 0 Å². The lowest BCUT2D eigenvalue weighted by Gasteiger charge is -2.10. The van der Waals surface area contributed by atoms with E-state index in [1.807, 2.05) is 24.3 Å². The summed E-state index contributed by atoms with van der Waals surface area (Å²) in [6.07, 6.45) is 0. The van der Waals surface area contributed by atoms with Gasteiger partial charge in [0.25, 0.3) is 0 Å². The normalized spacial score (nSPS) is 12.4. The van der Waals surface area contributed by atoms with Crippen LogP contribution in [-0.2, 0) is 6.54 Å². The highest BCUT2D eigenvalue weighted by Gasteiger charge is 2.15. The molecule has 1 heterocycles. The quantitative estimate of drug-likeness (QED) is 0.751. The standard InChI is InChI=1S/C14H21N5O/c1-9(2)13(15)14-17-12(18-19-14)8-16-10-5-4-6-11(7-10)20-3/h4-7,9,13,16H,8,15H2,1-3H3,(H,17,18,19)/t13-/m1/s1. The minimum absolute atomic E-state index is 0.142. The Morgan fingerprint density at radius 2 is 2.20 bits per heavy atom. The van der Waals surface area contributed by atoms with E-state index in [0.717, 1.165) is 17.3 Å². The Morgan fingerprint density at radius 1 is 1.40 bits per heavy atom. The molecule has 0 saturated carbocycles. The van der Waals surface area contributed by atoms with Gasteiger partial charge in [0, 0.05) is 11.8 Å². The molecule has 0 aliphatic heterocycles. The Labute approximate surface area is 118 Å². The van der Waals surface area contributed by atoms with Gasteiger partial charge in [-0.15, -0.1) is 0 Å². The lowest BCUT2D eigenvalue weighted by atomic mass is 10.1. The topological polar surface area (TPSA) is 88.8 Å². The number of aromatic nitrogens is 3. The molecule has 1 atom stereocenters. The van der Waals surface area contributed by atoms with E-state index >= 15 is 0 Å². The number of rotatable bonds is 6. The number of H-pyrrole nitrogens is 1. The van der Waals surface area contributed by atoms with E-state index in [0.29, 0.717) is 18.3 Å². The third kappa shape index (κ3) is 3.48. The van der Waals surface area contributed by atoms with E-state index in [1.165, 1.54) is 0 Å². The molecular formula is C14H21N5O. The SMILES string of the molecule is COc1cccc(NCc2nc([C@H](N)C(C)C)n[nH]2)c1. The highest BCUT2D eigenvalue weighted by Crippen LogP contribution is 2.18.